The van der Waals surface area contributed by atoms with Gasteiger partial charge in [0.25, 0.3) is 0 Å². The van der Waals surface area contributed by atoms with Gasteiger partial charge in [0, 0.05) is 31.6 Å². The maximum Gasteiger partial charge on any atom is 0.223 e. The van der Waals surface area contributed by atoms with E-state index in [1.807, 2.05) is 0 Å². The van der Waals surface area contributed by atoms with Crippen LogP contribution in [-0.2, 0) is 4.79 Å². The Hall–Kier alpha value is -0.570. The molecule has 2 saturated heterocycles. The molecule has 0 aromatic rings. The fourth-order valence-electron chi connectivity index (χ4n) is 2.79. The minimum atomic E-state index is 0.0998. The Bertz CT molecular complexity index is 282. The number of hydrogen-bond acceptors (Lipinski definition) is 2. The highest BCUT2D eigenvalue weighted by Gasteiger charge is 2.46. The zero-order chi connectivity index (χ0) is 11.3. The van der Waals surface area contributed by atoms with Crippen molar-refractivity contribution < 1.29 is 4.79 Å². The summed E-state index contributed by atoms with van der Waals surface area (Å²) in [6.07, 6.45) is 1.77. The van der Waals surface area contributed by atoms with Gasteiger partial charge in [-0.2, -0.15) is 0 Å². The van der Waals surface area contributed by atoms with Gasteiger partial charge in [-0.1, -0.05) is 0 Å². The molecule has 0 radical (unpaired) electrons. The predicted octanol–water partition coefficient (Wildman–Crippen LogP) is 1.48. The molecule has 0 N–H and O–H groups in total. The summed E-state index contributed by atoms with van der Waals surface area (Å²) in [5.41, 5.74) is 0.323. The largest absolute Gasteiger partial charge is 0.335 e. The van der Waals surface area contributed by atoms with E-state index < -0.39 is 0 Å². The highest BCUT2D eigenvalue weighted by atomic mass is 16.2. The number of hydrogen-bond donors (Lipinski definition) is 0. The lowest BCUT2D eigenvalue weighted by Gasteiger charge is -2.49. The van der Waals surface area contributed by atoms with E-state index in [2.05, 4.69) is 37.5 Å². The molecular formula is C12H22N2O. The maximum absolute atomic E-state index is 11.7. The summed E-state index contributed by atoms with van der Waals surface area (Å²) in [5.74, 6) is 0.353. The SMILES string of the molecule is CC(C)(C)N1CCN2C(=O)CCC2(C)C1. The molecule has 3 nitrogen and oxygen atoms in total. The summed E-state index contributed by atoms with van der Waals surface area (Å²) in [5, 5.41) is 0. The van der Waals surface area contributed by atoms with Crippen molar-refractivity contribution in [3.8, 4) is 0 Å². The Balaban J connectivity index is 2.15. The average Bonchev–Trinajstić information content (AvgIpc) is 2.40. The Labute approximate surface area is 92.4 Å². The Morgan fingerprint density at radius 3 is 2.53 bits per heavy atom. The zero-order valence-electron chi connectivity index (χ0n) is 10.3. The highest BCUT2D eigenvalue weighted by Crippen LogP contribution is 2.35. The molecule has 0 spiro atoms. The number of carbonyl (C=O) groups is 1. The van der Waals surface area contributed by atoms with Crippen LogP contribution >= 0.6 is 0 Å². The quantitative estimate of drug-likeness (QED) is 0.604. The third-order valence-electron chi connectivity index (χ3n) is 3.90. The molecule has 0 bridgehead atoms. The van der Waals surface area contributed by atoms with Crippen LogP contribution < -0.4 is 0 Å². The molecule has 2 rings (SSSR count). The molecular weight excluding hydrogens is 188 g/mol. The van der Waals surface area contributed by atoms with E-state index in [9.17, 15) is 4.79 Å². The topological polar surface area (TPSA) is 23.6 Å². The van der Waals surface area contributed by atoms with Crippen LogP contribution in [0.3, 0.4) is 0 Å². The van der Waals surface area contributed by atoms with Crippen LogP contribution in [0.2, 0.25) is 0 Å². The number of carbonyl (C=O) groups excluding carboxylic acids is 1. The summed E-state index contributed by atoms with van der Waals surface area (Å²) < 4.78 is 0. The van der Waals surface area contributed by atoms with Gasteiger partial charge in [-0.15, -0.1) is 0 Å². The highest BCUT2D eigenvalue weighted by molar-refractivity contribution is 5.79. The summed E-state index contributed by atoms with van der Waals surface area (Å²) in [6.45, 7) is 11.9. The lowest BCUT2D eigenvalue weighted by molar-refractivity contribution is -0.135. The first-order chi connectivity index (χ1) is 6.83. The van der Waals surface area contributed by atoms with E-state index in [0.29, 0.717) is 5.91 Å². The molecule has 0 aliphatic carbocycles. The number of nitrogens with zero attached hydrogens (tertiary/aromatic N) is 2. The van der Waals surface area contributed by atoms with E-state index in [4.69, 9.17) is 0 Å². The first-order valence-corrected chi connectivity index (χ1v) is 5.88. The number of fused-ring (bicyclic) bond motifs is 1. The second-order valence-electron chi connectivity index (χ2n) is 6.13. The van der Waals surface area contributed by atoms with Gasteiger partial charge in [-0.25, -0.2) is 0 Å². The summed E-state index contributed by atoms with van der Waals surface area (Å²) in [6, 6.07) is 0. The summed E-state index contributed by atoms with van der Waals surface area (Å²) in [4.78, 5) is 16.3. The van der Waals surface area contributed by atoms with Gasteiger partial charge >= 0.3 is 0 Å². The first-order valence-electron chi connectivity index (χ1n) is 5.88. The average molecular weight is 210 g/mol. The van der Waals surface area contributed by atoms with Gasteiger partial charge < -0.3 is 4.90 Å². The smallest absolute Gasteiger partial charge is 0.223 e. The molecule has 3 heteroatoms. The summed E-state index contributed by atoms with van der Waals surface area (Å²) >= 11 is 0. The third kappa shape index (κ3) is 1.78. The fraction of sp³-hybridized carbons (Fsp3) is 0.917. The van der Waals surface area contributed by atoms with E-state index in [0.717, 1.165) is 32.5 Å². The van der Waals surface area contributed by atoms with Crippen molar-refractivity contribution in [1.82, 2.24) is 9.80 Å². The molecule has 2 heterocycles. The molecule has 2 aliphatic heterocycles. The van der Waals surface area contributed by atoms with Crippen molar-refractivity contribution in [3.63, 3.8) is 0 Å². The van der Waals surface area contributed by atoms with Gasteiger partial charge in [0.15, 0.2) is 0 Å². The van der Waals surface area contributed by atoms with Gasteiger partial charge in [-0.05, 0) is 34.1 Å². The minimum absolute atomic E-state index is 0.0998. The lowest BCUT2D eigenvalue weighted by Crippen LogP contribution is -2.62. The fourth-order valence-corrected chi connectivity index (χ4v) is 2.79. The number of amides is 1. The molecule has 1 atom stereocenters. The van der Waals surface area contributed by atoms with Crippen molar-refractivity contribution in [1.29, 1.82) is 0 Å². The third-order valence-corrected chi connectivity index (χ3v) is 3.90. The Morgan fingerprint density at radius 1 is 1.27 bits per heavy atom. The van der Waals surface area contributed by atoms with Crippen LogP contribution in [0.5, 0.6) is 0 Å². The lowest BCUT2D eigenvalue weighted by atomic mass is 9.92. The molecule has 0 aromatic carbocycles. The van der Waals surface area contributed by atoms with Crippen LogP contribution in [0.25, 0.3) is 0 Å². The van der Waals surface area contributed by atoms with E-state index >= 15 is 0 Å². The maximum atomic E-state index is 11.7. The second kappa shape index (κ2) is 3.21. The molecule has 15 heavy (non-hydrogen) atoms. The molecule has 1 amide bonds. The number of piperazine rings is 1. The monoisotopic (exact) mass is 210 g/mol. The van der Waals surface area contributed by atoms with Gasteiger partial charge in [0.1, 0.15) is 0 Å². The van der Waals surface area contributed by atoms with E-state index in [-0.39, 0.29) is 11.1 Å². The zero-order valence-corrected chi connectivity index (χ0v) is 10.3. The van der Waals surface area contributed by atoms with Crippen LogP contribution in [0, 0.1) is 0 Å². The molecule has 2 aliphatic rings. The van der Waals surface area contributed by atoms with Crippen molar-refractivity contribution >= 4 is 5.91 Å². The molecule has 0 saturated carbocycles. The van der Waals surface area contributed by atoms with Crippen LogP contribution in [0.1, 0.15) is 40.5 Å². The predicted molar refractivity (Wildman–Crippen MR) is 60.7 cm³/mol. The van der Waals surface area contributed by atoms with Crippen LogP contribution in [0.4, 0.5) is 0 Å². The standard InChI is InChI=1S/C12H22N2O/c1-11(2,3)13-7-8-14-10(15)5-6-12(14,4)9-13/h5-9H2,1-4H3. The Morgan fingerprint density at radius 2 is 1.93 bits per heavy atom. The van der Waals surface area contributed by atoms with Gasteiger partial charge in [0.2, 0.25) is 5.91 Å². The van der Waals surface area contributed by atoms with Crippen molar-refractivity contribution in [2.24, 2.45) is 0 Å². The van der Waals surface area contributed by atoms with Gasteiger partial charge in [0.05, 0.1) is 5.54 Å². The van der Waals surface area contributed by atoms with Crippen LogP contribution in [0.15, 0.2) is 0 Å². The second-order valence-corrected chi connectivity index (χ2v) is 6.13. The van der Waals surface area contributed by atoms with E-state index in [1.165, 1.54) is 0 Å². The van der Waals surface area contributed by atoms with Crippen molar-refractivity contribution in [2.45, 2.75) is 51.6 Å². The first kappa shape index (κ1) is 10.9. The Kier molecular flexibility index (Phi) is 2.34. The number of rotatable bonds is 0. The molecule has 0 aromatic heterocycles. The molecule has 86 valence electrons. The van der Waals surface area contributed by atoms with Crippen molar-refractivity contribution in [2.75, 3.05) is 19.6 Å². The normalized spacial score (nSPS) is 33.3. The summed E-state index contributed by atoms with van der Waals surface area (Å²) in [7, 11) is 0. The molecule has 1 unspecified atom stereocenters. The van der Waals surface area contributed by atoms with E-state index in [1.54, 1.807) is 0 Å². The van der Waals surface area contributed by atoms with Crippen molar-refractivity contribution in [3.05, 3.63) is 0 Å². The molecule has 2 fully saturated rings. The minimum Gasteiger partial charge on any atom is -0.335 e. The van der Waals surface area contributed by atoms with Crippen LogP contribution in [-0.4, -0.2) is 46.4 Å². The van der Waals surface area contributed by atoms with Gasteiger partial charge in [-0.3, -0.25) is 9.69 Å².